The van der Waals surface area contributed by atoms with Gasteiger partial charge in [-0.1, -0.05) is 57.7 Å². The molecule has 0 aliphatic heterocycles. The van der Waals surface area contributed by atoms with Crippen LogP contribution in [-0.4, -0.2) is 5.78 Å². The van der Waals surface area contributed by atoms with E-state index in [0.29, 0.717) is 18.9 Å². The van der Waals surface area contributed by atoms with Gasteiger partial charge in [-0.3, -0.25) is 4.79 Å². The van der Waals surface area contributed by atoms with Gasteiger partial charge in [-0.25, -0.2) is 0 Å². The fourth-order valence-corrected chi connectivity index (χ4v) is 3.95. The van der Waals surface area contributed by atoms with E-state index >= 15 is 0 Å². The second kappa shape index (κ2) is 8.77. The molecule has 1 aliphatic carbocycles. The van der Waals surface area contributed by atoms with Crippen molar-refractivity contribution < 1.29 is 9.53 Å². The van der Waals surface area contributed by atoms with Crippen LogP contribution in [0.4, 0.5) is 0 Å². The minimum Gasteiger partial charge on any atom is -0.489 e. The van der Waals surface area contributed by atoms with Gasteiger partial charge in [-0.05, 0) is 71.6 Å². The van der Waals surface area contributed by atoms with Crippen molar-refractivity contribution in [3.05, 3.63) is 70.3 Å². The first-order valence-electron chi connectivity index (χ1n) is 10.5. The van der Waals surface area contributed by atoms with Crippen molar-refractivity contribution in [3.8, 4) is 5.75 Å². The normalized spacial score (nSPS) is 14.6. The Morgan fingerprint density at radius 3 is 2.64 bits per heavy atom. The minimum absolute atomic E-state index is 0.0994. The molecule has 0 radical (unpaired) electrons. The molecule has 1 atom stereocenters. The molecule has 28 heavy (non-hydrogen) atoms. The lowest BCUT2D eigenvalue weighted by Crippen LogP contribution is -2.12. The van der Waals surface area contributed by atoms with E-state index in [2.05, 4.69) is 44.7 Å². The third-order valence-electron chi connectivity index (χ3n) is 6.01. The molecule has 0 N–H and O–H groups in total. The summed E-state index contributed by atoms with van der Waals surface area (Å²) in [6, 6.07) is 10.7. The topological polar surface area (TPSA) is 26.3 Å². The maximum atomic E-state index is 12.3. The van der Waals surface area contributed by atoms with Crippen molar-refractivity contribution in [3.63, 3.8) is 0 Å². The number of carbonyl (C=O) groups is 1. The Labute approximate surface area is 169 Å². The number of hydrogen-bond acceptors (Lipinski definition) is 2. The zero-order valence-corrected chi connectivity index (χ0v) is 17.7. The van der Waals surface area contributed by atoms with Gasteiger partial charge in [-0.15, -0.1) is 0 Å². The molecule has 1 fully saturated rings. The molecule has 0 heterocycles. The second-order valence-corrected chi connectivity index (χ2v) is 7.89. The highest BCUT2D eigenvalue weighted by molar-refractivity contribution is 5.85. The summed E-state index contributed by atoms with van der Waals surface area (Å²) in [5, 5.41) is 0. The van der Waals surface area contributed by atoms with Crippen LogP contribution in [0.5, 0.6) is 5.75 Å². The molecule has 0 spiro atoms. The number of benzene rings is 2. The fourth-order valence-electron chi connectivity index (χ4n) is 3.95. The Morgan fingerprint density at radius 1 is 1.29 bits per heavy atom. The van der Waals surface area contributed by atoms with Gasteiger partial charge in [0.2, 0.25) is 0 Å². The summed E-state index contributed by atoms with van der Waals surface area (Å²) in [4.78, 5) is 12.3. The van der Waals surface area contributed by atoms with Crippen LogP contribution in [0.2, 0.25) is 0 Å². The van der Waals surface area contributed by atoms with Gasteiger partial charge in [0.25, 0.3) is 0 Å². The number of rotatable bonds is 9. The largest absolute Gasteiger partial charge is 0.489 e. The van der Waals surface area contributed by atoms with Crippen LogP contribution in [0.15, 0.2) is 36.9 Å². The van der Waals surface area contributed by atoms with E-state index in [9.17, 15) is 4.79 Å². The fraction of sp³-hybridized carbons (Fsp3) is 0.423. The van der Waals surface area contributed by atoms with E-state index in [1.807, 2.05) is 26.0 Å². The zero-order valence-electron chi connectivity index (χ0n) is 17.7. The summed E-state index contributed by atoms with van der Waals surface area (Å²) in [5.74, 6) is 1.76. The molecule has 2 aromatic rings. The third kappa shape index (κ3) is 4.22. The van der Waals surface area contributed by atoms with Crippen LogP contribution in [0.25, 0.3) is 6.08 Å². The Morgan fingerprint density at radius 2 is 2.04 bits per heavy atom. The van der Waals surface area contributed by atoms with Gasteiger partial charge in [0.05, 0.1) is 0 Å². The van der Waals surface area contributed by atoms with Gasteiger partial charge < -0.3 is 4.74 Å². The highest BCUT2D eigenvalue weighted by Crippen LogP contribution is 2.45. The number of hydrogen-bond donors (Lipinski definition) is 0. The summed E-state index contributed by atoms with van der Waals surface area (Å²) < 4.78 is 6.39. The predicted octanol–water partition coefficient (Wildman–Crippen LogP) is 6.74. The van der Waals surface area contributed by atoms with Gasteiger partial charge in [-0.2, -0.15) is 0 Å². The van der Waals surface area contributed by atoms with Crippen LogP contribution >= 0.6 is 0 Å². The first kappa shape index (κ1) is 20.4. The highest BCUT2D eigenvalue weighted by atomic mass is 16.5. The first-order valence-corrected chi connectivity index (χ1v) is 10.5. The molecule has 0 amide bonds. The summed E-state index contributed by atoms with van der Waals surface area (Å²) in [7, 11) is 0. The number of ketones is 1. The van der Waals surface area contributed by atoms with E-state index in [1.54, 1.807) is 0 Å². The quantitative estimate of drug-likeness (QED) is 0.484. The maximum Gasteiger partial charge on any atom is 0.139 e. The number of Topliss-reactive ketones (excluding diaryl/α,β-unsaturated/α-hetero) is 1. The Bertz CT molecular complexity index is 874. The molecule has 2 heteroatoms. The van der Waals surface area contributed by atoms with Crippen molar-refractivity contribution in [2.24, 2.45) is 0 Å². The average Bonchev–Trinajstić information content (AvgIpc) is 3.56. The lowest BCUT2D eigenvalue weighted by molar-refractivity contribution is -0.119. The molecule has 0 bridgehead atoms. The predicted molar refractivity (Wildman–Crippen MR) is 117 cm³/mol. The summed E-state index contributed by atoms with van der Waals surface area (Å²) >= 11 is 0. The van der Waals surface area contributed by atoms with Crippen molar-refractivity contribution in [2.45, 2.75) is 71.8 Å². The van der Waals surface area contributed by atoms with Crippen molar-refractivity contribution in [2.75, 3.05) is 0 Å². The number of carbonyl (C=O) groups excluding carboxylic acids is 1. The molecule has 1 unspecified atom stereocenters. The van der Waals surface area contributed by atoms with Gasteiger partial charge in [0, 0.05) is 12.3 Å². The standard InChI is InChI=1S/C26H32O2/c1-6-19-14-23(21-12-13-21)26(15-20(19)7-2)28-16-24-17(4)10-9-11-22(24)18(5)25(27)8-3/h7,9-11,14-15,18,21H,2,6,8,12-13,16H2,1,3-5H3. The number of aryl methyl sites for hydroxylation is 2. The summed E-state index contributed by atoms with van der Waals surface area (Å²) in [6.07, 6.45) is 5.96. The summed E-state index contributed by atoms with van der Waals surface area (Å²) in [6.45, 7) is 12.7. The van der Waals surface area contributed by atoms with Crippen molar-refractivity contribution in [1.82, 2.24) is 0 Å². The van der Waals surface area contributed by atoms with E-state index in [4.69, 9.17) is 4.74 Å². The zero-order chi connectivity index (χ0) is 20.3. The van der Waals surface area contributed by atoms with Gasteiger partial charge >= 0.3 is 0 Å². The molecular formula is C26H32O2. The Kier molecular flexibility index (Phi) is 6.39. The van der Waals surface area contributed by atoms with E-state index in [1.165, 1.54) is 29.5 Å². The van der Waals surface area contributed by atoms with Crippen molar-refractivity contribution >= 4 is 11.9 Å². The molecule has 3 rings (SSSR count). The van der Waals surface area contributed by atoms with Gasteiger partial charge in [0.15, 0.2) is 0 Å². The maximum absolute atomic E-state index is 12.3. The molecule has 2 nitrogen and oxygen atoms in total. The van der Waals surface area contributed by atoms with Crippen LogP contribution in [0.1, 0.15) is 85.3 Å². The molecular weight excluding hydrogens is 344 g/mol. The summed E-state index contributed by atoms with van der Waals surface area (Å²) in [5.41, 5.74) is 7.22. The van der Waals surface area contributed by atoms with Crippen LogP contribution < -0.4 is 4.74 Å². The Balaban J connectivity index is 1.92. The Hall–Kier alpha value is -2.35. The molecule has 148 valence electrons. The molecule has 0 saturated heterocycles. The molecule has 0 aromatic heterocycles. The molecule has 2 aromatic carbocycles. The number of ether oxygens (including phenoxy) is 1. The lowest BCUT2D eigenvalue weighted by atomic mass is 9.89. The van der Waals surface area contributed by atoms with Crippen LogP contribution in [0, 0.1) is 6.92 Å². The monoisotopic (exact) mass is 376 g/mol. The van der Waals surface area contributed by atoms with E-state index in [0.717, 1.165) is 28.9 Å². The smallest absolute Gasteiger partial charge is 0.139 e. The molecule has 1 aliphatic rings. The second-order valence-electron chi connectivity index (χ2n) is 7.89. The van der Waals surface area contributed by atoms with Gasteiger partial charge in [0.1, 0.15) is 18.1 Å². The van der Waals surface area contributed by atoms with Crippen molar-refractivity contribution in [1.29, 1.82) is 0 Å². The highest BCUT2D eigenvalue weighted by Gasteiger charge is 2.28. The first-order chi connectivity index (χ1) is 13.5. The minimum atomic E-state index is -0.0994. The lowest BCUT2D eigenvalue weighted by Gasteiger charge is -2.20. The third-order valence-corrected chi connectivity index (χ3v) is 6.01. The SMILES string of the molecule is C=Cc1cc(OCc2c(C)cccc2C(C)C(=O)CC)c(C2CC2)cc1CC. The van der Waals surface area contributed by atoms with Crippen LogP contribution in [-0.2, 0) is 17.8 Å². The van der Waals surface area contributed by atoms with E-state index < -0.39 is 0 Å². The average molecular weight is 377 g/mol. The van der Waals surface area contributed by atoms with E-state index in [-0.39, 0.29) is 11.7 Å². The molecule has 1 saturated carbocycles. The van der Waals surface area contributed by atoms with Crippen LogP contribution in [0.3, 0.4) is 0 Å².